The Balaban J connectivity index is 0.000000399. The van der Waals surface area contributed by atoms with Crippen LogP contribution >= 0.6 is 0 Å². The molecule has 4 nitrogen and oxygen atoms in total. The number of fused-ring (bicyclic) bond motifs is 3. The molecule has 0 N–H and O–H groups in total. The SMILES string of the molecule is Fc1c[c-]c(-c2ccccn2)cc1.[2H]C([2H])([2H])c1cnc(-c2[c-]ccc3c2oc2c(-c4ccc([Si](C)(C(C)(C)C)C(C)(C)C)cc4)c(C#N)ccc23)cc1C([2H])([2H])[2H].[Ir]. The molecule has 271 valence electrons. The van der Waals surface area contributed by atoms with Crippen LogP contribution in [-0.2, 0) is 20.1 Å². The molecule has 0 fully saturated rings. The minimum absolute atomic E-state index is 0. The van der Waals surface area contributed by atoms with Crippen LogP contribution in [0.4, 0.5) is 4.39 Å². The Morgan fingerprint density at radius 3 is 2.13 bits per heavy atom. The Morgan fingerprint density at radius 1 is 0.811 bits per heavy atom. The van der Waals surface area contributed by atoms with Crippen molar-refractivity contribution in [2.45, 2.75) is 71.9 Å². The van der Waals surface area contributed by atoms with Gasteiger partial charge in [-0.25, -0.2) is 0 Å². The van der Waals surface area contributed by atoms with Crippen LogP contribution in [0.3, 0.4) is 0 Å². The van der Waals surface area contributed by atoms with Gasteiger partial charge in [0.1, 0.15) is 5.58 Å². The summed E-state index contributed by atoms with van der Waals surface area (Å²) in [6.07, 6.45) is 2.80. The summed E-state index contributed by atoms with van der Waals surface area (Å²) in [5.41, 5.74) is 4.60. The third kappa shape index (κ3) is 7.55. The van der Waals surface area contributed by atoms with E-state index in [-0.39, 0.29) is 52.8 Å². The smallest absolute Gasteiger partial charge is 0.130 e. The maximum Gasteiger partial charge on any atom is 0.130 e. The van der Waals surface area contributed by atoms with Gasteiger partial charge in [0.2, 0.25) is 0 Å². The first-order chi connectivity index (χ1) is 27.1. The van der Waals surface area contributed by atoms with Crippen LogP contribution in [0.5, 0.6) is 0 Å². The fourth-order valence-corrected chi connectivity index (χ4v) is 11.8. The number of aryl methyl sites for hydroxylation is 2. The first-order valence-electron chi connectivity index (χ1n) is 20.1. The number of nitrogens with zero attached hydrogens (tertiary/aromatic N) is 3. The van der Waals surface area contributed by atoms with Gasteiger partial charge in [0.05, 0.1) is 25.3 Å². The van der Waals surface area contributed by atoms with Gasteiger partial charge in [-0.2, -0.15) is 5.26 Å². The Labute approximate surface area is 335 Å². The zero-order valence-corrected chi connectivity index (χ0v) is 34.2. The molecule has 0 aliphatic rings. The summed E-state index contributed by atoms with van der Waals surface area (Å²) in [4.78, 5) is 8.47. The minimum atomic E-state index is -2.66. The van der Waals surface area contributed by atoms with Crippen molar-refractivity contribution in [2.75, 3.05) is 0 Å². The number of aromatic nitrogens is 2. The molecule has 0 atom stereocenters. The first-order valence-corrected chi connectivity index (χ1v) is 19.6. The third-order valence-electron chi connectivity index (χ3n) is 10.3. The Bertz CT molecular complexity index is 2630. The van der Waals surface area contributed by atoms with E-state index in [9.17, 15) is 9.65 Å². The van der Waals surface area contributed by atoms with E-state index < -0.39 is 21.8 Å². The number of halogens is 1. The summed E-state index contributed by atoms with van der Waals surface area (Å²) in [6.45, 7) is 11.1. The topological polar surface area (TPSA) is 62.7 Å². The van der Waals surface area contributed by atoms with Crippen molar-refractivity contribution in [1.82, 2.24) is 9.97 Å². The van der Waals surface area contributed by atoms with Crippen molar-refractivity contribution in [3.63, 3.8) is 0 Å². The van der Waals surface area contributed by atoms with E-state index in [1.54, 1.807) is 24.4 Å². The number of benzene rings is 4. The van der Waals surface area contributed by atoms with E-state index in [0.717, 1.165) is 33.8 Å². The number of nitriles is 1. The second-order valence-corrected chi connectivity index (χ2v) is 21.0. The predicted octanol–water partition coefficient (Wildman–Crippen LogP) is 12.2. The van der Waals surface area contributed by atoms with E-state index in [2.05, 4.69) is 101 Å². The van der Waals surface area contributed by atoms with Crippen LogP contribution < -0.4 is 5.19 Å². The third-order valence-corrected chi connectivity index (χ3v) is 17.8. The summed E-state index contributed by atoms with van der Waals surface area (Å²) >= 11 is 0. The van der Waals surface area contributed by atoms with Gasteiger partial charge >= 0.3 is 0 Å². The fourth-order valence-electron chi connectivity index (χ4n) is 7.02. The molecule has 1 radical (unpaired) electrons. The van der Waals surface area contributed by atoms with Gasteiger partial charge in [-0.05, 0) is 58.4 Å². The number of furan rings is 1. The van der Waals surface area contributed by atoms with E-state index in [1.165, 1.54) is 23.4 Å². The van der Waals surface area contributed by atoms with Gasteiger partial charge in [-0.15, -0.1) is 48.0 Å². The number of rotatable bonds is 4. The summed E-state index contributed by atoms with van der Waals surface area (Å²) < 4.78 is 66.5. The average Bonchev–Trinajstić information content (AvgIpc) is 3.55. The second kappa shape index (κ2) is 15.3. The molecule has 0 bridgehead atoms. The summed E-state index contributed by atoms with van der Waals surface area (Å²) in [6, 6.07) is 35.3. The van der Waals surface area contributed by atoms with E-state index in [1.807, 2.05) is 30.3 Å². The van der Waals surface area contributed by atoms with Crippen LogP contribution in [0.15, 0.2) is 108 Å². The van der Waals surface area contributed by atoms with Crippen molar-refractivity contribution < 1.29 is 37.1 Å². The van der Waals surface area contributed by atoms with Crippen molar-refractivity contribution in [3.8, 4) is 39.7 Å². The Kier molecular flexibility index (Phi) is 9.18. The number of hydrogen-bond donors (Lipinski definition) is 0. The van der Waals surface area contributed by atoms with Crippen LogP contribution in [0.25, 0.3) is 55.6 Å². The molecule has 53 heavy (non-hydrogen) atoms. The molecule has 7 aromatic rings. The summed E-state index contributed by atoms with van der Waals surface area (Å²) in [7, 11) is -2.01. The minimum Gasteiger partial charge on any atom is -0.500 e. The van der Waals surface area contributed by atoms with E-state index in [0.29, 0.717) is 27.9 Å². The number of pyridine rings is 2. The maximum absolute atomic E-state index is 12.6. The molecule has 7 rings (SSSR count). The van der Waals surface area contributed by atoms with Crippen molar-refractivity contribution in [2.24, 2.45) is 0 Å². The van der Waals surface area contributed by atoms with Crippen LogP contribution in [0.1, 0.15) is 66.5 Å². The molecule has 0 saturated carbocycles. The molecular weight excluding hydrogens is 850 g/mol. The maximum atomic E-state index is 12.6. The van der Waals surface area contributed by atoms with Gasteiger partial charge in [0.25, 0.3) is 0 Å². The molecule has 0 amide bonds. The Hall–Kier alpha value is -4.73. The number of hydrogen-bond acceptors (Lipinski definition) is 4. The average molecular weight is 900 g/mol. The molecule has 3 heterocycles. The van der Waals surface area contributed by atoms with Gasteiger partial charge in [0.15, 0.2) is 0 Å². The monoisotopic (exact) mass is 900 g/mol. The van der Waals surface area contributed by atoms with E-state index in [4.69, 9.17) is 12.6 Å². The van der Waals surface area contributed by atoms with Gasteiger partial charge in [-0.3, -0.25) is 4.39 Å². The molecular formula is C46H44FIrN3OSi-2. The van der Waals surface area contributed by atoms with Gasteiger partial charge in [0, 0.05) is 57.5 Å². The van der Waals surface area contributed by atoms with Gasteiger partial charge < -0.3 is 14.4 Å². The molecule has 0 spiro atoms. The predicted molar refractivity (Wildman–Crippen MR) is 215 cm³/mol. The molecule has 0 saturated heterocycles. The first kappa shape index (κ1) is 31.8. The second-order valence-electron chi connectivity index (χ2n) is 15.1. The molecule has 0 aliphatic heterocycles. The molecule has 0 unspecified atom stereocenters. The van der Waals surface area contributed by atoms with Crippen LogP contribution in [-0.4, -0.2) is 18.0 Å². The summed E-state index contributed by atoms with van der Waals surface area (Å²) in [5.74, 6) is -0.278. The van der Waals surface area contributed by atoms with Crippen molar-refractivity contribution >= 4 is 35.2 Å². The van der Waals surface area contributed by atoms with Crippen molar-refractivity contribution in [3.05, 3.63) is 138 Å². The van der Waals surface area contributed by atoms with Crippen LogP contribution in [0.2, 0.25) is 16.6 Å². The molecule has 0 aliphatic carbocycles. The zero-order chi connectivity index (χ0) is 42.4. The fraction of sp³-hybridized carbons (Fsp3) is 0.239. The molecule has 3 aromatic heterocycles. The Morgan fingerprint density at radius 2 is 1.53 bits per heavy atom. The summed E-state index contributed by atoms with van der Waals surface area (Å²) in [5, 5.41) is 13.3. The molecule has 4 aromatic carbocycles. The quantitative estimate of drug-likeness (QED) is 0.130. The largest absolute Gasteiger partial charge is 0.500 e. The van der Waals surface area contributed by atoms with E-state index >= 15 is 0 Å². The normalized spacial score (nSPS) is 13.9. The van der Waals surface area contributed by atoms with Gasteiger partial charge in [-0.1, -0.05) is 118 Å². The van der Waals surface area contributed by atoms with Crippen molar-refractivity contribution in [1.29, 1.82) is 5.26 Å². The van der Waals surface area contributed by atoms with Crippen LogP contribution in [0, 0.1) is 43.0 Å². The molecule has 7 heteroatoms. The standard InChI is InChI=1S/C35H37N2OSi.C11H7FN.Ir/c1-22-19-30(37-21-23(22)2)29-12-10-11-27-28-18-15-25(20-36)31(33(28)38-32(27)29)24-13-16-26(17-14-24)39(9,34(3,4)5)35(6,7)8;12-10-6-4-9(5-7-10)11-3-1-2-8-13-11;/h10-11,13-19,21H,1-9H3;1-4,6-8H;/q2*-1;/i1D3,2D3;;. The zero-order valence-electron chi connectivity index (χ0n) is 36.8.